The van der Waals surface area contributed by atoms with Gasteiger partial charge in [-0.1, -0.05) is 31.2 Å². The minimum Gasteiger partial charge on any atom is -0.353 e. The Morgan fingerprint density at radius 2 is 2.06 bits per heavy atom. The van der Waals surface area contributed by atoms with Crippen LogP contribution in [0.2, 0.25) is 0 Å². The number of aryl methyl sites for hydroxylation is 1. The number of benzene rings is 1. The molecule has 1 saturated heterocycles. The van der Waals surface area contributed by atoms with Gasteiger partial charge in [0.15, 0.2) is 6.29 Å². The van der Waals surface area contributed by atoms with E-state index in [1.54, 1.807) is 0 Å². The van der Waals surface area contributed by atoms with E-state index in [4.69, 9.17) is 4.74 Å². The number of ether oxygens (including phenoxy) is 1. The number of epoxide rings is 1. The summed E-state index contributed by atoms with van der Waals surface area (Å²) in [5, 5.41) is 0. The van der Waals surface area contributed by atoms with Gasteiger partial charge in [-0.2, -0.15) is 0 Å². The summed E-state index contributed by atoms with van der Waals surface area (Å²) in [6.45, 7) is 2.15. The van der Waals surface area contributed by atoms with Crippen LogP contribution in [0.1, 0.15) is 30.9 Å². The molecule has 0 amide bonds. The standard InChI is InChI=1S/C14H16O2/c1-2-10-3-5-11(6-4-10)14(12-7-8-12)13(9-15)16-14/h3-6,9,12-13H,2,7-8H2,1H3. The lowest BCUT2D eigenvalue weighted by Gasteiger charge is -2.11. The zero-order valence-electron chi connectivity index (χ0n) is 9.48. The predicted octanol–water partition coefficient (Wildman–Crippen LogP) is 2.45. The van der Waals surface area contributed by atoms with Crippen LogP contribution in [0.3, 0.4) is 0 Å². The Kier molecular flexibility index (Phi) is 2.15. The third-order valence-electron chi connectivity index (χ3n) is 3.81. The summed E-state index contributed by atoms with van der Waals surface area (Å²) in [5.41, 5.74) is 2.26. The predicted molar refractivity (Wildman–Crippen MR) is 61.2 cm³/mol. The van der Waals surface area contributed by atoms with E-state index in [1.807, 2.05) is 0 Å². The Hall–Kier alpha value is -1.15. The van der Waals surface area contributed by atoms with Gasteiger partial charge >= 0.3 is 0 Å². The van der Waals surface area contributed by atoms with Crippen molar-refractivity contribution in [3.05, 3.63) is 35.4 Å². The van der Waals surface area contributed by atoms with Crippen molar-refractivity contribution in [2.24, 2.45) is 5.92 Å². The molecule has 1 heterocycles. The number of carbonyl (C=O) groups excluding carboxylic acids is 1. The van der Waals surface area contributed by atoms with E-state index in [2.05, 4.69) is 31.2 Å². The molecule has 0 N–H and O–H groups in total. The van der Waals surface area contributed by atoms with Crippen molar-refractivity contribution in [1.29, 1.82) is 0 Å². The minimum atomic E-state index is -0.256. The summed E-state index contributed by atoms with van der Waals surface area (Å²) < 4.78 is 5.67. The topological polar surface area (TPSA) is 29.6 Å². The van der Waals surface area contributed by atoms with Crippen LogP contribution in [0, 0.1) is 5.92 Å². The van der Waals surface area contributed by atoms with E-state index in [9.17, 15) is 4.79 Å². The van der Waals surface area contributed by atoms with Gasteiger partial charge in [-0.3, -0.25) is 0 Å². The van der Waals surface area contributed by atoms with Crippen LogP contribution in [0.25, 0.3) is 0 Å². The van der Waals surface area contributed by atoms with Crippen molar-refractivity contribution in [2.45, 2.75) is 37.9 Å². The largest absolute Gasteiger partial charge is 0.353 e. The Balaban J connectivity index is 1.92. The van der Waals surface area contributed by atoms with Crippen LogP contribution >= 0.6 is 0 Å². The van der Waals surface area contributed by atoms with Gasteiger partial charge in [0.25, 0.3) is 0 Å². The van der Waals surface area contributed by atoms with E-state index in [-0.39, 0.29) is 11.7 Å². The van der Waals surface area contributed by atoms with E-state index in [0.29, 0.717) is 5.92 Å². The Morgan fingerprint density at radius 1 is 1.38 bits per heavy atom. The van der Waals surface area contributed by atoms with Gasteiger partial charge in [-0.15, -0.1) is 0 Å². The molecule has 0 aromatic heterocycles. The first-order chi connectivity index (χ1) is 7.81. The fourth-order valence-electron chi connectivity index (χ4n) is 2.61. The molecule has 1 saturated carbocycles. The molecule has 1 aliphatic heterocycles. The van der Waals surface area contributed by atoms with Crippen molar-refractivity contribution in [2.75, 3.05) is 0 Å². The number of hydrogen-bond donors (Lipinski definition) is 0. The van der Waals surface area contributed by atoms with Gasteiger partial charge in [-0.25, -0.2) is 0 Å². The first-order valence-corrected chi connectivity index (χ1v) is 6.03. The SMILES string of the molecule is CCc1ccc(C2(C3CC3)OC2C=O)cc1. The first kappa shape index (κ1) is 10.0. The molecular formula is C14H16O2. The Labute approximate surface area is 95.6 Å². The maximum absolute atomic E-state index is 10.9. The molecule has 2 atom stereocenters. The summed E-state index contributed by atoms with van der Waals surface area (Å²) in [6, 6.07) is 8.54. The van der Waals surface area contributed by atoms with Crippen molar-refractivity contribution in [1.82, 2.24) is 0 Å². The number of rotatable bonds is 4. The van der Waals surface area contributed by atoms with Crippen LogP contribution in [0.5, 0.6) is 0 Å². The molecular weight excluding hydrogens is 200 g/mol. The molecule has 2 aliphatic rings. The van der Waals surface area contributed by atoms with E-state index in [0.717, 1.165) is 12.7 Å². The summed E-state index contributed by atoms with van der Waals surface area (Å²) in [4.78, 5) is 10.9. The maximum atomic E-state index is 10.9. The number of carbonyl (C=O) groups is 1. The fourth-order valence-corrected chi connectivity index (χ4v) is 2.61. The third-order valence-corrected chi connectivity index (χ3v) is 3.81. The summed E-state index contributed by atoms with van der Waals surface area (Å²) in [5.74, 6) is 0.565. The monoisotopic (exact) mass is 216 g/mol. The number of hydrogen-bond acceptors (Lipinski definition) is 2. The summed E-state index contributed by atoms with van der Waals surface area (Å²) >= 11 is 0. The average molecular weight is 216 g/mol. The molecule has 16 heavy (non-hydrogen) atoms. The van der Waals surface area contributed by atoms with Gasteiger partial charge in [0, 0.05) is 0 Å². The molecule has 84 valence electrons. The van der Waals surface area contributed by atoms with Gasteiger partial charge < -0.3 is 9.53 Å². The maximum Gasteiger partial charge on any atom is 0.152 e. The van der Waals surface area contributed by atoms with Crippen LogP contribution in [-0.4, -0.2) is 12.4 Å². The molecule has 2 unspecified atom stereocenters. The fraction of sp³-hybridized carbons (Fsp3) is 0.500. The molecule has 0 radical (unpaired) electrons. The molecule has 1 aromatic rings. The summed E-state index contributed by atoms with van der Waals surface area (Å²) in [6.07, 6.45) is 4.19. The van der Waals surface area contributed by atoms with E-state index < -0.39 is 0 Å². The van der Waals surface area contributed by atoms with E-state index >= 15 is 0 Å². The van der Waals surface area contributed by atoms with E-state index in [1.165, 1.54) is 24.0 Å². The number of aldehydes is 1. The van der Waals surface area contributed by atoms with Crippen LogP contribution in [0.15, 0.2) is 24.3 Å². The summed E-state index contributed by atoms with van der Waals surface area (Å²) in [7, 11) is 0. The normalized spacial score (nSPS) is 32.4. The lowest BCUT2D eigenvalue weighted by atomic mass is 9.90. The average Bonchev–Trinajstić information content (AvgIpc) is 3.20. The third kappa shape index (κ3) is 1.33. The van der Waals surface area contributed by atoms with Crippen molar-refractivity contribution < 1.29 is 9.53 Å². The highest BCUT2D eigenvalue weighted by molar-refractivity contribution is 5.65. The molecule has 0 spiro atoms. The minimum absolute atomic E-state index is 0.201. The van der Waals surface area contributed by atoms with Crippen molar-refractivity contribution in [3.8, 4) is 0 Å². The van der Waals surface area contributed by atoms with Crippen LogP contribution in [-0.2, 0) is 21.6 Å². The lowest BCUT2D eigenvalue weighted by Crippen LogP contribution is -2.16. The molecule has 2 fully saturated rings. The second-order valence-corrected chi connectivity index (χ2v) is 4.79. The van der Waals surface area contributed by atoms with Gasteiger partial charge in [0.1, 0.15) is 11.7 Å². The molecule has 2 nitrogen and oxygen atoms in total. The van der Waals surface area contributed by atoms with Crippen LogP contribution in [0.4, 0.5) is 0 Å². The smallest absolute Gasteiger partial charge is 0.152 e. The van der Waals surface area contributed by atoms with Gasteiger partial charge in [-0.05, 0) is 36.3 Å². The quantitative estimate of drug-likeness (QED) is 0.571. The van der Waals surface area contributed by atoms with Crippen molar-refractivity contribution >= 4 is 6.29 Å². The zero-order valence-corrected chi connectivity index (χ0v) is 9.48. The zero-order chi connectivity index (χ0) is 11.2. The lowest BCUT2D eigenvalue weighted by molar-refractivity contribution is -0.108. The van der Waals surface area contributed by atoms with Crippen molar-refractivity contribution in [3.63, 3.8) is 0 Å². The highest BCUT2D eigenvalue weighted by atomic mass is 16.6. The highest BCUT2D eigenvalue weighted by Gasteiger charge is 2.65. The molecule has 1 aromatic carbocycles. The second kappa shape index (κ2) is 3.42. The molecule has 1 aliphatic carbocycles. The van der Waals surface area contributed by atoms with Gasteiger partial charge in [0.2, 0.25) is 0 Å². The Morgan fingerprint density at radius 3 is 2.50 bits per heavy atom. The molecule has 0 bridgehead atoms. The second-order valence-electron chi connectivity index (χ2n) is 4.79. The van der Waals surface area contributed by atoms with Crippen LogP contribution < -0.4 is 0 Å². The molecule has 2 heteroatoms. The highest BCUT2D eigenvalue weighted by Crippen LogP contribution is 2.60. The molecule has 3 rings (SSSR count). The van der Waals surface area contributed by atoms with Gasteiger partial charge in [0.05, 0.1) is 0 Å². The Bertz CT molecular complexity index is 405. The first-order valence-electron chi connectivity index (χ1n) is 6.03.